The van der Waals surface area contributed by atoms with E-state index in [1.165, 1.54) is 6.92 Å². The highest BCUT2D eigenvalue weighted by Crippen LogP contribution is 2.34. The number of aromatic hydroxyl groups is 1. The van der Waals surface area contributed by atoms with E-state index in [2.05, 4.69) is 5.32 Å². The fourth-order valence-electron chi connectivity index (χ4n) is 1.66. The van der Waals surface area contributed by atoms with Gasteiger partial charge in [-0.3, -0.25) is 4.79 Å². The maximum atomic E-state index is 11.1. The van der Waals surface area contributed by atoms with Crippen molar-refractivity contribution in [1.82, 2.24) is 0 Å². The Bertz CT molecular complexity index is 393. The number of rotatable bonds is 1. The van der Waals surface area contributed by atoms with E-state index < -0.39 is 0 Å². The van der Waals surface area contributed by atoms with Crippen LogP contribution in [0.4, 0.5) is 5.69 Å². The highest BCUT2D eigenvalue weighted by Gasteiger charge is 2.14. The second-order valence-corrected chi connectivity index (χ2v) is 3.90. The number of carbonyl (C=O) groups is 1. The lowest BCUT2D eigenvalue weighted by atomic mass is 9.97. The SMILES string of the molecule is CC(=O)Nc1c(C)c(C)c(O)c(C)c1C. The van der Waals surface area contributed by atoms with Crippen LogP contribution < -0.4 is 5.32 Å². The molecule has 0 fully saturated rings. The summed E-state index contributed by atoms with van der Waals surface area (Å²) < 4.78 is 0. The van der Waals surface area contributed by atoms with Crippen molar-refractivity contribution >= 4 is 11.6 Å². The average molecular weight is 207 g/mol. The molecule has 3 nitrogen and oxygen atoms in total. The molecular formula is C12H17NO2. The Morgan fingerprint density at radius 2 is 1.40 bits per heavy atom. The summed E-state index contributed by atoms with van der Waals surface area (Å²) in [4.78, 5) is 11.1. The van der Waals surface area contributed by atoms with Gasteiger partial charge in [-0.05, 0) is 49.9 Å². The van der Waals surface area contributed by atoms with Gasteiger partial charge in [0, 0.05) is 12.6 Å². The van der Waals surface area contributed by atoms with Crippen LogP contribution >= 0.6 is 0 Å². The van der Waals surface area contributed by atoms with Crippen molar-refractivity contribution in [2.75, 3.05) is 5.32 Å². The Labute approximate surface area is 90.1 Å². The maximum Gasteiger partial charge on any atom is 0.221 e. The van der Waals surface area contributed by atoms with E-state index in [4.69, 9.17) is 0 Å². The lowest BCUT2D eigenvalue weighted by molar-refractivity contribution is -0.114. The minimum atomic E-state index is -0.0920. The number of carbonyl (C=O) groups excluding carboxylic acids is 1. The zero-order valence-corrected chi connectivity index (χ0v) is 9.86. The smallest absolute Gasteiger partial charge is 0.221 e. The van der Waals surface area contributed by atoms with Gasteiger partial charge in [-0.1, -0.05) is 0 Å². The zero-order valence-electron chi connectivity index (χ0n) is 9.86. The first-order chi connectivity index (χ1) is 6.86. The lowest BCUT2D eigenvalue weighted by Gasteiger charge is -2.17. The summed E-state index contributed by atoms with van der Waals surface area (Å²) in [5.74, 6) is 0.227. The van der Waals surface area contributed by atoms with Gasteiger partial charge in [-0.2, -0.15) is 0 Å². The van der Waals surface area contributed by atoms with Crippen molar-refractivity contribution in [2.45, 2.75) is 34.6 Å². The predicted octanol–water partition coefficient (Wildman–Crippen LogP) is 2.58. The van der Waals surface area contributed by atoms with Crippen LogP contribution in [-0.2, 0) is 4.79 Å². The molecule has 0 spiro atoms. The Kier molecular flexibility index (Phi) is 3.03. The summed E-state index contributed by atoms with van der Waals surface area (Å²) in [6, 6.07) is 0. The Morgan fingerprint density at radius 3 is 1.73 bits per heavy atom. The molecule has 0 unspecified atom stereocenters. The fourth-order valence-corrected chi connectivity index (χ4v) is 1.66. The molecule has 15 heavy (non-hydrogen) atoms. The number of amides is 1. The fraction of sp³-hybridized carbons (Fsp3) is 0.417. The van der Waals surface area contributed by atoms with Crippen molar-refractivity contribution in [2.24, 2.45) is 0 Å². The standard InChI is InChI=1S/C12H17NO2/c1-6-8(3)12(15)9(4)7(2)11(6)13-10(5)14/h15H,1-5H3,(H,13,14). The number of hydrogen-bond acceptors (Lipinski definition) is 2. The number of hydrogen-bond donors (Lipinski definition) is 2. The number of benzene rings is 1. The number of nitrogens with one attached hydrogen (secondary N) is 1. The molecule has 82 valence electrons. The molecule has 0 aliphatic heterocycles. The van der Waals surface area contributed by atoms with Crippen molar-refractivity contribution in [3.8, 4) is 5.75 Å². The molecule has 0 heterocycles. The summed E-state index contributed by atoms with van der Waals surface area (Å²) in [6.45, 7) is 8.97. The maximum absolute atomic E-state index is 11.1. The summed E-state index contributed by atoms with van der Waals surface area (Å²) >= 11 is 0. The van der Waals surface area contributed by atoms with Gasteiger partial charge >= 0.3 is 0 Å². The van der Waals surface area contributed by atoms with Crippen molar-refractivity contribution in [3.63, 3.8) is 0 Å². The molecule has 0 atom stereocenters. The number of phenolic OH excluding ortho intramolecular Hbond substituents is 1. The summed E-state index contributed by atoms with van der Waals surface area (Å²) in [5.41, 5.74) is 4.30. The van der Waals surface area contributed by atoms with Gasteiger partial charge < -0.3 is 10.4 Å². The van der Waals surface area contributed by atoms with Crippen LogP contribution in [0.15, 0.2) is 0 Å². The highest BCUT2D eigenvalue weighted by atomic mass is 16.3. The van der Waals surface area contributed by atoms with E-state index in [0.717, 1.165) is 27.9 Å². The molecule has 1 amide bonds. The van der Waals surface area contributed by atoms with Crippen LogP contribution in [0.5, 0.6) is 5.75 Å². The number of phenols is 1. The molecule has 0 saturated heterocycles. The van der Waals surface area contributed by atoms with E-state index in [0.29, 0.717) is 5.75 Å². The van der Waals surface area contributed by atoms with Crippen LogP contribution in [-0.4, -0.2) is 11.0 Å². The first-order valence-corrected chi connectivity index (χ1v) is 4.93. The monoisotopic (exact) mass is 207 g/mol. The van der Waals surface area contributed by atoms with E-state index in [1.54, 1.807) is 0 Å². The second kappa shape index (κ2) is 3.93. The second-order valence-electron chi connectivity index (χ2n) is 3.90. The molecule has 0 aliphatic rings. The van der Waals surface area contributed by atoms with Gasteiger partial charge in [-0.25, -0.2) is 0 Å². The normalized spacial score (nSPS) is 10.2. The predicted molar refractivity (Wildman–Crippen MR) is 61.4 cm³/mol. The molecule has 1 aromatic carbocycles. The molecule has 0 bridgehead atoms. The molecule has 0 radical (unpaired) electrons. The van der Waals surface area contributed by atoms with Crippen molar-refractivity contribution < 1.29 is 9.90 Å². The molecule has 3 heteroatoms. The van der Waals surface area contributed by atoms with Crippen LogP contribution in [0.2, 0.25) is 0 Å². The van der Waals surface area contributed by atoms with Gasteiger partial charge in [0.25, 0.3) is 0 Å². The zero-order chi connectivity index (χ0) is 11.7. The van der Waals surface area contributed by atoms with E-state index >= 15 is 0 Å². The van der Waals surface area contributed by atoms with Gasteiger partial charge in [0.2, 0.25) is 5.91 Å². The van der Waals surface area contributed by atoms with Crippen molar-refractivity contribution in [1.29, 1.82) is 0 Å². The molecule has 0 saturated carbocycles. The third kappa shape index (κ3) is 1.96. The molecule has 1 rings (SSSR count). The summed E-state index contributed by atoms with van der Waals surface area (Å²) in [6.07, 6.45) is 0. The lowest BCUT2D eigenvalue weighted by Crippen LogP contribution is -2.10. The van der Waals surface area contributed by atoms with Crippen LogP contribution in [0.25, 0.3) is 0 Å². The molecule has 0 aliphatic carbocycles. The van der Waals surface area contributed by atoms with Crippen molar-refractivity contribution in [3.05, 3.63) is 22.3 Å². The molecule has 0 aromatic heterocycles. The number of anilines is 1. The third-order valence-electron chi connectivity index (χ3n) is 2.89. The van der Waals surface area contributed by atoms with Gasteiger partial charge in [0.1, 0.15) is 5.75 Å². The first kappa shape index (κ1) is 11.6. The summed E-state index contributed by atoms with van der Waals surface area (Å²) in [7, 11) is 0. The first-order valence-electron chi connectivity index (χ1n) is 4.93. The Balaban J connectivity index is 3.45. The molecular weight excluding hydrogens is 190 g/mol. The minimum absolute atomic E-state index is 0.0920. The Hall–Kier alpha value is -1.51. The van der Waals surface area contributed by atoms with Gasteiger partial charge in [-0.15, -0.1) is 0 Å². The third-order valence-corrected chi connectivity index (χ3v) is 2.89. The largest absolute Gasteiger partial charge is 0.507 e. The van der Waals surface area contributed by atoms with Gasteiger partial charge in [0.05, 0.1) is 0 Å². The topological polar surface area (TPSA) is 49.3 Å². The highest BCUT2D eigenvalue weighted by molar-refractivity contribution is 5.91. The van der Waals surface area contributed by atoms with Gasteiger partial charge in [0.15, 0.2) is 0 Å². The molecule has 2 N–H and O–H groups in total. The van der Waals surface area contributed by atoms with Crippen LogP contribution in [0.3, 0.4) is 0 Å². The minimum Gasteiger partial charge on any atom is -0.507 e. The van der Waals surface area contributed by atoms with E-state index in [1.807, 2.05) is 27.7 Å². The van der Waals surface area contributed by atoms with E-state index in [-0.39, 0.29) is 5.91 Å². The summed E-state index contributed by atoms with van der Waals surface area (Å²) in [5, 5.41) is 12.6. The molecule has 1 aromatic rings. The van der Waals surface area contributed by atoms with Crippen LogP contribution in [0.1, 0.15) is 29.2 Å². The Morgan fingerprint density at radius 1 is 1.00 bits per heavy atom. The average Bonchev–Trinajstić information content (AvgIpc) is 2.18. The van der Waals surface area contributed by atoms with E-state index in [9.17, 15) is 9.90 Å². The van der Waals surface area contributed by atoms with Crippen LogP contribution in [0, 0.1) is 27.7 Å². The quantitative estimate of drug-likeness (QED) is 0.695.